The second-order valence-electron chi connectivity index (χ2n) is 5.18. The zero-order valence-corrected chi connectivity index (χ0v) is 10.9. The lowest BCUT2D eigenvalue weighted by Crippen LogP contribution is -2.57. The Kier molecular flexibility index (Phi) is 2.68. The van der Waals surface area contributed by atoms with Gasteiger partial charge < -0.3 is 9.63 Å². The van der Waals surface area contributed by atoms with Crippen LogP contribution in [-0.2, 0) is 0 Å². The molecular weight excluding hydrogens is 258 g/mol. The average Bonchev–Trinajstić information content (AvgIpc) is 2.98. The van der Waals surface area contributed by atoms with Gasteiger partial charge in [-0.1, -0.05) is 5.16 Å². The molecule has 7 heteroatoms. The molecule has 1 atom stereocenters. The standard InChI is InChI=1S/C13H15N5O2/c19-10-2-1-3-14-11(10)13-15-12(16-20-13)9-8-17-4-6-18(9)7-5-17/h1-3,9,19H,4-8H2. The van der Waals surface area contributed by atoms with Crippen molar-refractivity contribution in [3.63, 3.8) is 0 Å². The zero-order chi connectivity index (χ0) is 13.5. The molecule has 0 saturated carbocycles. The third-order valence-electron chi connectivity index (χ3n) is 4.01. The largest absolute Gasteiger partial charge is 0.505 e. The van der Waals surface area contributed by atoms with Gasteiger partial charge in [-0.15, -0.1) is 0 Å². The van der Waals surface area contributed by atoms with Crippen LogP contribution in [-0.4, -0.2) is 62.8 Å². The van der Waals surface area contributed by atoms with Crippen LogP contribution in [0, 0.1) is 0 Å². The first-order valence-electron chi connectivity index (χ1n) is 6.75. The Labute approximate surface area is 115 Å². The van der Waals surface area contributed by atoms with Crippen molar-refractivity contribution in [2.45, 2.75) is 6.04 Å². The maximum atomic E-state index is 9.78. The van der Waals surface area contributed by atoms with E-state index in [9.17, 15) is 5.11 Å². The van der Waals surface area contributed by atoms with Crippen molar-refractivity contribution in [2.24, 2.45) is 0 Å². The number of rotatable bonds is 2. The van der Waals surface area contributed by atoms with Gasteiger partial charge in [0, 0.05) is 38.9 Å². The summed E-state index contributed by atoms with van der Waals surface area (Å²) in [5.41, 5.74) is 0.336. The van der Waals surface area contributed by atoms with E-state index in [0.717, 1.165) is 32.7 Å². The molecule has 0 radical (unpaired) electrons. The summed E-state index contributed by atoms with van der Waals surface area (Å²) in [6.07, 6.45) is 1.59. The second kappa shape index (κ2) is 4.53. The van der Waals surface area contributed by atoms with E-state index >= 15 is 0 Å². The van der Waals surface area contributed by atoms with Crippen molar-refractivity contribution in [3.05, 3.63) is 24.2 Å². The number of piperazine rings is 3. The molecule has 3 fully saturated rings. The number of pyridine rings is 1. The van der Waals surface area contributed by atoms with Gasteiger partial charge in [-0.3, -0.25) is 9.80 Å². The van der Waals surface area contributed by atoms with Crippen LogP contribution in [0.2, 0.25) is 0 Å². The molecule has 2 aromatic rings. The third kappa shape index (κ3) is 1.86. The van der Waals surface area contributed by atoms with E-state index in [4.69, 9.17) is 4.52 Å². The molecule has 0 amide bonds. The molecule has 2 aromatic heterocycles. The van der Waals surface area contributed by atoms with Crippen LogP contribution in [0.5, 0.6) is 5.75 Å². The monoisotopic (exact) mass is 273 g/mol. The van der Waals surface area contributed by atoms with Crippen LogP contribution in [0.4, 0.5) is 0 Å². The first-order chi connectivity index (χ1) is 9.81. The lowest BCUT2D eigenvalue weighted by atomic mass is 10.1. The summed E-state index contributed by atoms with van der Waals surface area (Å²) in [5.74, 6) is 1.00. The van der Waals surface area contributed by atoms with E-state index in [1.54, 1.807) is 18.3 Å². The average molecular weight is 273 g/mol. The summed E-state index contributed by atoms with van der Waals surface area (Å²) in [6.45, 7) is 5.25. The van der Waals surface area contributed by atoms with Gasteiger partial charge in [-0.05, 0) is 12.1 Å². The van der Waals surface area contributed by atoms with Gasteiger partial charge >= 0.3 is 0 Å². The van der Waals surface area contributed by atoms with Gasteiger partial charge in [0.15, 0.2) is 11.5 Å². The molecule has 2 bridgehead atoms. The van der Waals surface area contributed by atoms with Crippen molar-refractivity contribution in [2.75, 3.05) is 32.7 Å². The zero-order valence-electron chi connectivity index (χ0n) is 10.9. The fourth-order valence-electron chi connectivity index (χ4n) is 2.89. The highest BCUT2D eigenvalue weighted by molar-refractivity contribution is 5.55. The first-order valence-corrected chi connectivity index (χ1v) is 6.75. The highest BCUT2D eigenvalue weighted by atomic mass is 16.5. The lowest BCUT2D eigenvalue weighted by Gasteiger charge is -2.46. The molecule has 0 aromatic carbocycles. The minimum atomic E-state index is 0.0527. The number of nitrogens with zero attached hydrogens (tertiary/aromatic N) is 5. The van der Waals surface area contributed by atoms with E-state index in [2.05, 4.69) is 24.9 Å². The Morgan fingerprint density at radius 2 is 2.10 bits per heavy atom. The Morgan fingerprint density at radius 3 is 2.80 bits per heavy atom. The van der Waals surface area contributed by atoms with Crippen LogP contribution in [0.15, 0.2) is 22.9 Å². The summed E-state index contributed by atoms with van der Waals surface area (Å²) in [4.78, 5) is 13.3. The first kappa shape index (κ1) is 11.8. The number of hydrogen-bond acceptors (Lipinski definition) is 7. The van der Waals surface area contributed by atoms with Crippen molar-refractivity contribution >= 4 is 0 Å². The predicted molar refractivity (Wildman–Crippen MR) is 69.9 cm³/mol. The molecule has 5 heterocycles. The van der Waals surface area contributed by atoms with E-state index in [0.29, 0.717) is 11.5 Å². The normalized spacial score (nSPS) is 28.7. The second-order valence-corrected chi connectivity index (χ2v) is 5.18. The lowest BCUT2D eigenvalue weighted by molar-refractivity contribution is 0.00781. The topological polar surface area (TPSA) is 78.5 Å². The SMILES string of the molecule is Oc1cccnc1-c1nc(C2CN3CCN2CC3)no1. The summed E-state index contributed by atoms with van der Waals surface area (Å²) < 4.78 is 5.26. The maximum Gasteiger partial charge on any atom is 0.280 e. The van der Waals surface area contributed by atoms with Crippen LogP contribution in [0.3, 0.4) is 0 Å². The molecule has 0 aliphatic carbocycles. The van der Waals surface area contributed by atoms with Crippen LogP contribution >= 0.6 is 0 Å². The molecule has 3 aliphatic rings. The Morgan fingerprint density at radius 1 is 1.25 bits per heavy atom. The molecule has 0 spiro atoms. The number of aromatic hydroxyl groups is 1. The van der Waals surface area contributed by atoms with Gasteiger partial charge in [0.25, 0.3) is 5.89 Å². The van der Waals surface area contributed by atoms with Gasteiger partial charge in [-0.25, -0.2) is 4.98 Å². The quantitative estimate of drug-likeness (QED) is 0.854. The number of aromatic nitrogens is 3. The molecule has 1 unspecified atom stereocenters. The van der Waals surface area contributed by atoms with Crippen molar-refractivity contribution < 1.29 is 9.63 Å². The van der Waals surface area contributed by atoms with Gasteiger partial charge in [0.2, 0.25) is 0 Å². The van der Waals surface area contributed by atoms with Gasteiger partial charge in [0.1, 0.15) is 5.75 Å². The van der Waals surface area contributed by atoms with E-state index in [1.807, 2.05) is 0 Å². The molecule has 3 saturated heterocycles. The van der Waals surface area contributed by atoms with Gasteiger partial charge in [0.05, 0.1) is 6.04 Å². The number of fused-ring (bicyclic) bond motifs is 3. The third-order valence-corrected chi connectivity index (χ3v) is 4.01. The van der Waals surface area contributed by atoms with Crippen LogP contribution < -0.4 is 0 Å². The Balaban J connectivity index is 1.64. The fraction of sp³-hybridized carbons (Fsp3) is 0.462. The highest BCUT2D eigenvalue weighted by Gasteiger charge is 2.35. The molecule has 1 N–H and O–H groups in total. The van der Waals surface area contributed by atoms with Crippen molar-refractivity contribution in [3.8, 4) is 17.3 Å². The molecule has 7 nitrogen and oxygen atoms in total. The predicted octanol–water partition coefficient (Wildman–Crippen LogP) is 0.509. The Hall–Kier alpha value is -1.99. The fourth-order valence-corrected chi connectivity index (χ4v) is 2.89. The van der Waals surface area contributed by atoms with Gasteiger partial charge in [-0.2, -0.15) is 4.98 Å². The summed E-state index contributed by atoms with van der Waals surface area (Å²) in [7, 11) is 0. The van der Waals surface area contributed by atoms with Crippen LogP contribution in [0.1, 0.15) is 11.9 Å². The molecular formula is C13H15N5O2. The minimum absolute atomic E-state index is 0.0527. The maximum absolute atomic E-state index is 9.78. The van der Waals surface area contributed by atoms with Crippen molar-refractivity contribution in [1.82, 2.24) is 24.9 Å². The highest BCUT2D eigenvalue weighted by Crippen LogP contribution is 2.30. The molecule has 20 heavy (non-hydrogen) atoms. The minimum Gasteiger partial charge on any atom is -0.505 e. The van der Waals surface area contributed by atoms with Crippen molar-refractivity contribution in [1.29, 1.82) is 0 Å². The van der Waals surface area contributed by atoms with Crippen LogP contribution in [0.25, 0.3) is 11.6 Å². The molecule has 104 valence electrons. The van der Waals surface area contributed by atoms with E-state index in [1.165, 1.54) is 0 Å². The number of hydrogen-bond donors (Lipinski definition) is 1. The summed E-state index contributed by atoms with van der Waals surface area (Å²) >= 11 is 0. The Bertz CT molecular complexity index is 621. The summed E-state index contributed by atoms with van der Waals surface area (Å²) in [5, 5.41) is 13.9. The van der Waals surface area contributed by atoms with E-state index in [-0.39, 0.29) is 17.7 Å². The molecule has 5 rings (SSSR count). The summed E-state index contributed by atoms with van der Waals surface area (Å²) in [6, 6.07) is 3.40. The smallest absolute Gasteiger partial charge is 0.280 e. The molecule has 3 aliphatic heterocycles. The van der Waals surface area contributed by atoms with E-state index < -0.39 is 0 Å².